The summed E-state index contributed by atoms with van der Waals surface area (Å²) in [6, 6.07) is 8.35. The molecule has 7 rings (SSSR count). The molecule has 1 amide bonds. The number of allylic oxidation sites excluding steroid dienone is 1. The second kappa shape index (κ2) is 10.6. The highest BCUT2D eigenvalue weighted by molar-refractivity contribution is 7.22. The maximum atomic E-state index is 13.6. The van der Waals surface area contributed by atoms with E-state index in [0.29, 0.717) is 45.1 Å². The number of halogens is 2. The number of carboxylic acid groups (broad SMARTS) is 1. The molecule has 2 heterocycles. The highest BCUT2D eigenvalue weighted by atomic mass is 35.5. The van der Waals surface area contributed by atoms with Crippen molar-refractivity contribution < 1.29 is 24.5 Å². The van der Waals surface area contributed by atoms with Crippen LogP contribution in [0.4, 0.5) is 5.13 Å². The van der Waals surface area contributed by atoms with Gasteiger partial charge in [-0.15, -0.1) is 0 Å². The largest absolute Gasteiger partial charge is 0.512 e. The van der Waals surface area contributed by atoms with E-state index in [1.807, 2.05) is 0 Å². The van der Waals surface area contributed by atoms with E-state index in [-0.39, 0.29) is 53.5 Å². The lowest BCUT2D eigenvalue weighted by molar-refractivity contribution is -0.125. The molecule has 0 radical (unpaired) electrons. The zero-order valence-corrected chi connectivity index (χ0v) is 24.9. The number of carboxylic acids is 1. The van der Waals surface area contributed by atoms with Crippen LogP contribution in [0.15, 0.2) is 41.7 Å². The van der Waals surface area contributed by atoms with Gasteiger partial charge in [-0.3, -0.25) is 15.1 Å². The van der Waals surface area contributed by atoms with Gasteiger partial charge in [0.15, 0.2) is 5.13 Å². The van der Waals surface area contributed by atoms with Crippen LogP contribution < -0.4 is 4.90 Å². The molecule has 4 fully saturated rings. The second-order valence-electron chi connectivity index (χ2n) is 11.7. The summed E-state index contributed by atoms with van der Waals surface area (Å²) >= 11 is 14.1. The Hall–Kier alpha value is -2.98. The van der Waals surface area contributed by atoms with Gasteiger partial charge in [0.25, 0.3) is 0 Å². The normalized spacial score (nSPS) is 24.3. The number of amides is 1. The quantitative estimate of drug-likeness (QED) is 0.168. The SMILES string of the molecule is N=C(/C(CO[C@@H]1C[C@@H]2C[C@H]1C(=O)N2c1nc2c(C3CCC3)cc(C(=O)O)cc2s1)=C(\O)C1CC1)c1c(Cl)cccc1Cl. The number of aliphatic hydroxyl groups excluding tert-OH is 1. The number of aromatic carboxylic acids is 1. The molecule has 3 aromatic rings. The number of rotatable bonds is 9. The summed E-state index contributed by atoms with van der Waals surface area (Å²) in [6.45, 7) is -0.0201. The fraction of sp³-hybridized carbons (Fsp3) is 0.419. The first-order valence-corrected chi connectivity index (χ1v) is 15.9. The standard InChI is InChI=1S/C31H29Cl2N3O5S/c32-21-5-2-6-22(33)25(21)26(34)20(28(37)15-7-8-15)13-41-23-12-17-11-19(23)29(38)36(17)31-35-27-18(14-3-1-4-14)9-16(30(39)40)10-24(27)42-31/h2,5-6,9-10,14-15,17,19,23,34,37H,1,3-4,7-8,11-13H2,(H,39,40)/b28-20-,34-26?/t17-,19+,23+/m0/s1. The molecular formula is C31H29Cl2N3O5S. The van der Waals surface area contributed by atoms with Gasteiger partial charge in [-0.25, -0.2) is 9.78 Å². The predicted molar refractivity (Wildman–Crippen MR) is 163 cm³/mol. The van der Waals surface area contributed by atoms with Crippen molar-refractivity contribution in [3.63, 3.8) is 0 Å². The number of hydrogen-bond acceptors (Lipinski definition) is 7. The molecule has 1 aliphatic heterocycles. The summed E-state index contributed by atoms with van der Waals surface area (Å²) in [7, 11) is 0. The molecule has 3 saturated carbocycles. The number of nitrogens with zero attached hydrogens (tertiary/aromatic N) is 2. The summed E-state index contributed by atoms with van der Waals surface area (Å²) in [5.74, 6) is -0.948. The predicted octanol–water partition coefficient (Wildman–Crippen LogP) is 7.37. The summed E-state index contributed by atoms with van der Waals surface area (Å²) in [5, 5.41) is 30.7. The van der Waals surface area contributed by atoms with Crippen molar-refractivity contribution in [2.24, 2.45) is 11.8 Å². The van der Waals surface area contributed by atoms with Gasteiger partial charge in [0.2, 0.25) is 5.91 Å². The summed E-state index contributed by atoms with van der Waals surface area (Å²) in [5.41, 5.74) is 2.75. The van der Waals surface area contributed by atoms with E-state index in [4.69, 9.17) is 38.3 Å². The van der Waals surface area contributed by atoms with Crippen LogP contribution in [0.2, 0.25) is 10.0 Å². The molecule has 11 heteroatoms. The van der Waals surface area contributed by atoms with Crippen molar-refractivity contribution in [3.05, 3.63) is 68.4 Å². The van der Waals surface area contributed by atoms with E-state index in [2.05, 4.69) is 0 Å². The lowest BCUT2D eigenvalue weighted by Gasteiger charge is -2.30. The number of aromatic nitrogens is 1. The minimum absolute atomic E-state index is 0.00660. The molecule has 2 bridgehead atoms. The molecule has 4 aliphatic rings. The minimum Gasteiger partial charge on any atom is -0.512 e. The van der Waals surface area contributed by atoms with Crippen molar-refractivity contribution >= 4 is 67.5 Å². The van der Waals surface area contributed by atoms with Crippen LogP contribution in [0.5, 0.6) is 0 Å². The third-order valence-corrected chi connectivity index (χ3v) is 10.8. The Morgan fingerprint density at radius 3 is 2.48 bits per heavy atom. The third-order valence-electron chi connectivity index (χ3n) is 9.14. The number of benzene rings is 2. The molecule has 3 atom stereocenters. The van der Waals surface area contributed by atoms with Gasteiger partial charge in [-0.1, -0.05) is 47.0 Å². The van der Waals surface area contributed by atoms with Crippen molar-refractivity contribution in [1.29, 1.82) is 5.41 Å². The van der Waals surface area contributed by atoms with Crippen molar-refractivity contribution in [2.75, 3.05) is 11.5 Å². The van der Waals surface area contributed by atoms with E-state index in [1.54, 1.807) is 35.2 Å². The molecule has 8 nitrogen and oxygen atoms in total. The number of carbonyl (C=O) groups excluding carboxylic acids is 1. The number of hydrogen-bond donors (Lipinski definition) is 3. The molecule has 1 aromatic heterocycles. The Bertz CT molecular complexity index is 1660. The maximum Gasteiger partial charge on any atom is 0.335 e. The van der Waals surface area contributed by atoms with E-state index in [9.17, 15) is 19.8 Å². The number of ether oxygens (including phenoxy) is 1. The van der Waals surface area contributed by atoms with Crippen LogP contribution in [-0.2, 0) is 9.53 Å². The molecule has 218 valence electrons. The van der Waals surface area contributed by atoms with Crippen LogP contribution in [0.1, 0.15) is 72.3 Å². The van der Waals surface area contributed by atoms with Gasteiger partial charge in [-0.2, -0.15) is 0 Å². The number of thiazole rings is 1. The lowest BCUT2D eigenvalue weighted by Crippen LogP contribution is -2.43. The minimum atomic E-state index is -0.963. The number of piperidine rings is 1. The highest BCUT2D eigenvalue weighted by Gasteiger charge is 2.53. The van der Waals surface area contributed by atoms with Gasteiger partial charge in [0.05, 0.1) is 50.2 Å². The van der Waals surface area contributed by atoms with Gasteiger partial charge in [-0.05, 0) is 74.3 Å². The number of nitrogens with one attached hydrogen (secondary N) is 1. The van der Waals surface area contributed by atoms with Gasteiger partial charge in [0.1, 0.15) is 5.76 Å². The van der Waals surface area contributed by atoms with Gasteiger partial charge >= 0.3 is 5.97 Å². The first-order valence-electron chi connectivity index (χ1n) is 14.3. The maximum absolute atomic E-state index is 13.6. The zero-order valence-electron chi connectivity index (χ0n) is 22.6. The van der Waals surface area contributed by atoms with Crippen molar-refractivity contribution in [3.8, 4) is 0 Å². The first kappa shape index (κ1) is 27.8. The van der Waals surface area contributed by atoms with E-state index >= 15 is 0 Å². The smallest absolute Gasteiger partial charge is 0.335 e. The average molecular weight is 627 g/mol. The Balaban J connectivity index is 1.11. The Kier molecular flexibility index (Phi) is 7.04. The number of aliphatic hydroxyl groups is 1. The Morgan fingerprint density at radius 2 is 1.86 bits per heavy atom. The molecule has 3 N–H and O–H groups in total. The molecule has 2 aromatic carbocycles. The van der Waals surface area contributed by atoms with Crippen LogP contribution in [-0.4, -0.2) is 51.5 Å². The summed E-state index contributed by atoms with van der Waals surface area (Å²) < 4.78 is 7.06. The van der Waals surface area contributed by atoms with E-state index in [1.165, 1.54) is 11.3 Å². The number of fused-ring (bicyclic) bond motifs is 3. The summed E-state index contributed by atoms with van der Waals surface area (Å²) in [4.78, 5) is 32.1. The second-order valence-corrected chi connectivity index (χ2v) is 13.6. The van der Waals surface area contributed by atoms with Crippen LogP contribution in [0.25, 0.3) is 10.2 Å². The fourth-order valence-corrected chi connectivity index (χ4v) is 8.20. The van der Waals surface area contributed by atoms with E-state index in [0.717, 1.165) is 47.9 Å². The fourth-order valence-electron chi connectivity index (χ4n) is 6.49. The molecule has 0 spiro atoms. The van der Waals surface area contributed by atoms with Crippen LogP contribution >= 0.6 is 34.5 Å². The van der Waals surface area contributed by atoms with Crippen molar-refractivity contribution in [2.45, 2.75) is 63.0 Å². The molecule has 42 heavy (non-hydrogen) atoms. The van der Waals surface area contributed by atoms with Gasteiger partial charge < -0.3 is 14.9 Å². The topological polar surface area (TPSA) is 124 Å². The monoisotopic (exact) mass is 625 g/mol. The lowest BCUT2D eigenvalue weighted by atomic mass is 9.79. The van der Waals surface area contributed by atoms with E-state index < -0.39 is 5.97 Å². The molecule has 0 unspecified atom stereocenters. The van der Waals surface area contributed by atoms with Crippen LogP contribution in [0.3, 0.4) is 0 Å². The molecular weight excluding hydrogens is 597 g/mol. The number of carbonyl (C=O) groups is 2. The average Bonchev–Trinajstić information content (AvgIpc) is 3.43. The van der Waals surface area contributed by atoms with Crippen molar-refractivity contribution in [1.82, 2.24) is 4.98 Å². The first-order chi connectivity index (χ1) is 20.2. The molecule has 3 aliphatic carbocycles. The van der Waals surface area contributed by atoms with Crippen LogP contribution in [0, 0.1) is 17.2 Å². The number of anilines is 1. The summed E-state index contributed by atoms with van der Waals surface area (Å²) in [6.07, 6.45) is 5.74. The zero-order chi connectivity index (χ0) is 29.3. The molecule has 1 saturated heterocycles. The third kappa shape index (κ3) is 4.71. The van der Waals surface area contributed by atoms with Gasteiger partial charge in [0, 0.05) is 23.1 Å². The Labute approximate surface area is 256 Å². The Morgan fingerprint density at radius 1 is 1.12 bits per heavy atom. The highest BCUT2D eigenvalue weighted by Crippen LogP contribution is 2.47.